The Morgan fingerprint density at radius 2 is 1.48 bits per heavy atom. The largest absolute Gasteiger partial charge is 0.456 e. The van der Waals surface area contributed by atoms with Crippen LogP contribution in [-0.2, 0) is 41.7 Å². The molecule has 5 rings (SSSR count). The molecule has 2 aromatic rings. The second-order valence-electron chi connectivity index (χ2n) is 17.3. The monoisotopic (exact) mass is 947 g/mol. The Balaban J connectivity index is 1.54. The highest BCUT2D eigenvalue weighted by Crippen LogP contribution is 2.51. The van der Waals surface area contributed by atoms with E-state index in [0.717, 1.165) is 75.4 Å². The van der Waals surface area contributed by atoms with E-state index in [0.29, 0.717) is 44.4 Å². The number of hydrogen-bond acceptors (Lipinski definition) is 9. The second-order valence-corrected chi connectivity index (χ2v) is 21.0. The van der Waals surface area contributed by atoms with Gasteiger partial charge in [0.2, 0.25) is 17.2 Å². The molecule has 14 nitrogen and oxygen atoms in total. The van der Waals surface area contributed by atoms with Gasteiger partial charge in [0.25, 0.3) is 20.2 Å². The van der Waals surface area contributed by atoms with Crippen LogP contribution in [0.5, 0.6) is 0 Å². The molecule has 2 heterocycles. The molecule has 0 saturated heterocycles. The Bertz CT molecular complexity index is 2650. The van der Waals surface area contributed by atoms with Crippen LogP contribution in [0.25, 0.3) is 28.5 Å². The summed E-state index contributed by atoms with van der Waals surface area (Å²) in [7, 11) is -8.56. The average Bonchev–Trinajstić information content (AvgIpc) is 3.50. The van der Waals surface area contributed by atoms with Crippen molar-refractivity contribution in [1.29, 1.82) is 0 Å². The fraction of sp³-hybridized carbons (Fsp3) is 0.460. The highest BCUT2D eigenvalue weighted by Gasteiger charge is 2.43. The summed E-state index contributed by atoms with van der Waals surface area (Å²) in [6.07, 6.45) is 9.92. The van der Waals surface area contributed by atoms with Crippen molar-refractivity contribution in [3.63, 3.8) is 0 Å². The van der Waals surface area contributed by atoms with Crippen molar-refractivity contribution in [2.75, 3.05) is 44.2 Å². The van der Waals surface area contributed by atoms with Crippen molar-refractivity contribution < 1.29 is 45.1 Å². The normalized spacial score (nSPS) is 16.7. The van der Waals surface area contributed by atoms with E-state index in [1.165, 1.54) is 13.8 Å². The number of unbranched alkanes of at least 4 members (excludes halogenated alkanes) is 1. The molecular formula is C50H67N4O10S2+. The maximum absolute atomic E-state index is 12.9. The summed E-state index contributed by atoms with van der Waals surface area (Å²) in [5, 5.41) is 13.9. The molecule has 16 heteroatoms. The summed E-state index contributed by atoms with van der Waals surface area (Å²) in [5.74, 6) is 0.823. The van der Waals surface area contributed by atoms with Crippen LogP contribution in [0.15, 0.2) is 89.0 Å². The molecule has 2 amide bonds. The molecule has 0 spiro atoms. The first-order valence-electron chi connectivity index (χ1n) is 22.9. The van der Waals surface area contributed by atoms with Crippen molar-refractivity contribution in [2.45, 2.75) is 109 Å². The molecule has 2 aliphatic heterocycles. The summed E-state index contributed by atoms with van der Waals surface area (Å²) in [5.41, 5.74) is 7.64. The van der Waals surface area contributed by atoms with E-state index in [1.54, 1.807) is 0 Å². The number of carbonyl (C=O) groups is 2. The van der Waals surface area contributed by atoms with Gasteiger partial charge in [0.15, 0.2) is 0 Å². The van der Waals surface area contributed by atoms with Crippen molar-refractivity contribution in [3.05, 3.63) is 112 Å². The molecule has 0 bridgehead atoms. The maximum atomic E-state index is 12.9. The zero-order chi connectivity index (χ0) is 48.2. The van der Waals surface area contributed by atoms with Crippen LogP contribution in [-0.4, -0.2) is 92.7 Å². The highest BCUT2D eigenvalue weighted by atomic mass is 32.2. The van der Waals surface area contributed by atoms with Gasteiger partial charge in [0, 0.05) is 73.1 Å². The minimum Gasteiger partial charge on any atom is -0.456 e. The number of aliphatic hydroxyl groups is 1. The first kappa shape index (κ1) is 51.8. The summed E-state index contributed by atoms with van der Waals surface area (Å²) >= 11 is 0. The fourth-order valence-electron chi connectivity index (χ4n) is 8.57. The number of carbonyl (C=O) groups excluding carboxylic acids is 2. The molecule has 358 valence electrons. The Labute approximate surface area is 390 Å². The zero-order valence-electron chi connectivity index (χ0n) is 39.0. The predicted molar refractivity (Wildman–Crippen MR) is 261 cm³/mol. The molecule has 0 saturated carbocycles. The van der Waals surface area contributed by atoms with Gasteiger partial charge < -0.3 is 25.1 Å². The summed E-state index contributed by atoms with van der Waals surface area (Å²) < 4.78 is 73.6. The Kier molecular flexibility index (Phi) is 18.1. The molecule has 0 aromatic heterocycles. The molecule has 1 aliphatic carbocycles. The first-order valence-corrected chi connectivity index (χ1v) is 25.9. The molecular weight excluding hydrogens is 881 g/mol. The van der Waals surface area contributed by atoms with Crippen LogP contribution >= 0.6 is 0 Å². The van der Waals surface area contributed by atoms with E-state index >= 15 is 0 Å². The van der Waals surface area contributed by atoms with Gasteiger partial charge in [-0.1, -0.05) is 48.5 Å². The summed E-state index contributed by atoms with van der Waals surface area (Å²) in [6.45, 7) is 13.0. The van der Waals surface area contributed by atoms with Crippen LogP contribution in [0, 0.1) is 6.92 Å². The van der Waals surface area contributed by atoms with Crippen LogP contribution in [0.4, 0.5) is 5.69 Å². The van der Waals surface area contributed by atoms with Gasteiger partial charge in [-0.25, -0.2) is 4.58 Å². The summed E-state index contributed by atoms with van der Waals surface area (Å²) in [6, 6.07) is 22.9. The Morgan fingerprint density at radius 1 is 0.848 bits per heavy atom. The van der Waals surface area contributed by atoms with Crippen LogP contribution in [0.3, 0.4) is 0 Å². The lowest BCUT2D eigenvalue weighted by molar-refractivity contribution is -0.121. The highest BCUT2D eigenvalue weighted by molar-refractivity contribution is 7.86. The number of hydrogen-bond donors (Lipinski definition) is 5. The van der Waals surface area contributed by atoms with E-state index < -0.39 is 36.2 Å². The van der Waals surface area contributed by atoms with Gasteiger partial charge in [-0.05, 0) is 127 Å². The third kappa shape index (κ3) is 13.1. The number of anilines is 1. The van der Waals surface area contributed by atoms with Gasteiger partial charge in [-0.2, -0.15) is 16.8 Å². The zero-order valence-corrected chi connectivity index (χ0v) is 40.7. The molecule has 3 unspecified atom stereocenters. The smallest absolute Gasteiger partial charge is 0.269 e. The van der Waals surface area contributed by atoms with Gasteiger partial charge in [0.05, 0.1) is 6.07 Å². The average molecular weight is 948 g/mol. The molecule has 2 aromatic carbocycles. The second kappa shape index (κ2) is 23.1. The van der Waals surface area contributed by atoms with E-state index in [4.69, 9.17) is 4.42 Å². The van der Waals surface area contributed by atoms with E-state index in [1.807, 2.05) is 36.4 Å². The van der Waals surface area contributed by atoms with Crippen molar-refractivity contribution in [3.8, 4) is 22.5 Å². The molecule has 0 radical (unpaired) electrons. The number of nitrogens with one attached hydrogen (secondary N) is 2. The maximum Gasteiger partial charge on any atom is 0.269 e. The lowest BCUT2D eigenvalue weighted by Crippen LogP contribution is -2.35. The molecule has 3 atom stereocenters. The minimum atomic E-state index is -4.30. The van der Waals surface area contributed by atoms with Gasteiger partial charge >= 0.3 is 0 Å². The molecule has 66 heavy (non-hydrogen) atoms. The number of aliphatic hydroxyl groups excluding tert-OH is 1. The van der Waals surface area contributed by atoms with Crippen molar-refractivity contribution in [2.24, 2.45) is 0 Å². The third-order valence-electron chi connectivity index (χ3n) is 12.6. The topological polar surface area (TPSA) is 207 Å². The minimum absolute atomic E-state index is 0.0461. The van der Waals surface area contributed by atoms with E-state index in [9.17, 15) is 40.6 Å². The number of rotatable bonds is 23. The lowest BCUT2D eigenvalue weighted by atomic mass is 9.76. The van der Waals surface area contributed by atoms with Crippen molar-refractivity contribution >= 4 is 43.8 Å². The van der Waals surface area contributed by atoms with Gasteiger partial charge in [-0.3, -0.25) is 18.7 Å². The van der Waals surface area contributed by atoms with Gasteiger partial charge in [-0.15, -0.1) is 0 Å². The Morgan fingerprint density at radius 3 is 2.09 bits per heavy atom. The lowest BCUT2D eigenvalue weighted by Gasteiger charge is -2.30. The van der Waals surface area contributed by atoms with Gasteiger partial charge in [0.1, 0.15) is 35.1 Å². The van der Waals surface area contributed by atoms with E-state index in [-0.39, 0.29) is 44.4 Å². The van der Waals surface area contributed by atoms with Crippen LogP contribution in [0.2, 0.25) is 0 Å². The molecule has 5 N–H and O–H groups in total. The van der Waals surface area contributed by atoms with E-state index in [2.05, 4.69) is 96.3 Å². The van der Waals surface area contributed by atoms with Crippen molar-refractivity contribution in [1.82, 2.24) is 15.2 Å². The first-order chi connectivity index (χ1) is 31.3. The SMILES string of the molecule is CC[N+](CC)=c1ccc2c(-c3ccccc3)c(C)c(/C=C/C=C3\N(CCCC(=O)NCC(C)S(=O)(=O)O)c4ccc(CCCC(=O)NCC(C)S(=O)(=O)O)cc4C3(C)CCCCO)oc-2c1. The van der Waals surface area contributed by atoms with Crippen LogP contribution in [0.1, 0.15) is 102 Å². The fourth-order valence-corrected chi connectivity index (χ4v) is 9.16. The van der Waals surface area contributed by atoms with Crippen LogP contribution < -0.4 is 25.5 Å². The molecule has 0 fully saturated rings. The number of fused-ring (bicyclic) bond motifs is 2. The number of aryl methyl sites for hydroxylation is 1. The summed E-state index contributed by atoms with van der Waals surface area (Å²) in [4.78, 5) is 27.7. The third-order valence-corrected chi connectivity index (χ3v) is 15.0. The number of nitrogens with zero attached hydrogens (tertiary/aromatic N) is 2. The standard InChI is InChI=1S/C50H66N4O10S2/c1-7-53(8-2)40-25-26-41-45(32-40)64-44(37(5)49(41)39-18-10-9-11-19-39)20-15-21-46-50(6,28-12-13-30-55)42-31-38(17-14-22-47(56)51-33-35(3)65(58,59)60)24-27-43(42)54(46)29-16-23-48(57)52-34-36(4)66(61,62)63/h9-11,15,18-21,24-27,31-32,35-36,55H,7-8,12-14,16-17,22-23,28-30,33-34H2,1-6H3,(H3-,51,52,56,57,58,59,60,61,62,63)/p+1. The predicted octanol–water partition coefficient (Wildman–Crippen LogP) is 6.90. The quantitative estimate of drug-likeness (QED) is 0.0294. The number of allylic oxidation sites excluding steroid dienone is 3. The Hall–Kier alpha value is -5.13. The molecule has 3 aliphatic rings. The number of amides is 2. The number of benzene rings is 3.